The van der Waals surface area contributed by atoms with Crippen LogP contribution in [0.4, 0.5) is 0 Å². The molecular formula is C13H18N2OS. The van der Waals surface area contributed by atoms with Gasteiger partial charge in [-0.25, -0.2) is 0 Å². The molecule has 17 heavy (non-hydrogen) atoms. The highest BCUT2D eigenvalue weighted by Gasteiger charge is 2.20. The largest absolute Gasteiger partial charge is 0.497 e. The molecule has 1 aromatic carbocycles. The average molecular weight is 250 g/mol. The zero-order chi connectivity index (χ0) is 12.7. The molecule has 3 nitrogen and oxygen atoms in total. The highest BCUT2D eigenvalue weighted by molar-refractivity contribution is 7.99. The summed E-state index contributed by atoms with van der Waals surface area (Å²) in [6, 6.07) is 10.2. The molecule has 1 atom stereocenters. The number of ether oxygens (including phenoxy) is 1. The predicted octanol–water partition coefficient (Wildman–Crippen LogP) is 2.68. The maximum absolute atomic E-state index is 9.02. The minimum Gasteiger partial charge on any atom is -0.497 e. The Labute approximate surface area is 107 Å². The molecule has 4 heteroatoms. The van der Waals surface area contributed by atoms with E-state index in [0.717, 1.165) is 17.9 Å². The molecule has 1 aromatic rings. The van der Waals surface area contributed by atoms with Crippen LogP contribution < -0.4 is 10.1 Å². The fraction of sp³-hybridized carbons (Fsp3) is 0.462. The van der Waals surface area contributed by atoms with E-state index in [0.29, 0.717) is 0 Å². The molecule has 0 amide bonds. The number of nitriles is 1. The SMILES string of the molecule is CNC(C)(C#N)CCSc1cccc(OC)c1. The second-order valence-electron chi connectivity index (χ2n) is 3.97. The van der Waals surface area contributed by atoms with Crippen molar-refractivity contribution >= 4 is 11.8 Å². The second-order valence-corrected chi connectivity index (χ2v) is 5.14. The van der Waals surface area contributed by atoms with Crippen LogP contribution in [0, 0.1) is 11.3 Å². The van der Waals surface area contributed by atoms with E-state index in [1.165, 1.54) is 4.90 Å². The van der Waals surface area contributed by atoms with Gasteiger partial charge in [-0.05, 0) is 38.6 Å². The molecule has 0 spiro atoms. The number of rotatable bonds is 6. The molecule has 0 bridgehead atoms. The van der Waals surface area contributed by atoms with Gasteiger partial charge in [0, 0.05) is 10.6 Å². The number of benzene rings is 1. The summed E-state index contributed by atoms with van der Waals surface area (Å²) in [6.07, 6.45) is 0.807. The summed E-state index contributed by atoms with van der Waals surface area (Å²) >= 11 is 1.74. The standard InChI is InChI=1S/C13H18N2OS/c1-13(10-14,15-2)7-8-17-12-6-4-5-11(9-12)16-3/h4-6,9,15H,7-8H2,1-3H3. The molecule has 0 aliphatic heterocycles. The van der Waals surface area contributed by atoms with Crippen molar-refractivity contribution in [1.29, 1.82) is 5.26 Å². The van der Waals surface area contributed by atoms with Crippen LogP contribution in [0.2, 0.25) is 0 Å². The summed E-state index contributed by atoms with van der Waals surface area (Å²) in [5.41, 5.74) is -0.439. The van der Waals surface area contributed by atoms with Crippen molar-refractivity contribution < 1.29 is 4.74 Å². The first kappa shape index (κ1) is 13.9. The molecule has 1 unspecified atom stereocenters. The number of nitrogens with one attached hydrogen (secondary N) is 1. The first-order valence-electron chi connectivity index (χ1n) is 5.50. The Morgan fingerprint density at radius 1 is 1.53 bits per heavy atom. The summed E-state index contributed by atoms with van der Waals surface area (Å²) < 4.78 is 5.17. The van der Waals surface area contributed by atoms with Crippen molar-refractivity contribution in [3.8, 4) is 11.8 Å². The fourth-order valence-corrected chi connectivity index (χ4v) is 2.42. The monoisotopic (exact) mass is 250 g/mol. The summed E-state index contributed by atoms with van der Waals surface area (Å²) in [5, 5.41) is 12.1. The quantitative estimate of drug-likeness (QED) is 0.788. The Balaban J connectivity index is 2.48. The van der Waals surface area contributed by atoms with E-state index in [9.17, 15) is 0 Å². The maximum atomic E-state index is 9.02. The Hall–Kier alpha value is -1.18. The van der Waals surface area contributed by atoms with Crippen molar-refractivity contribution in [2.45, 2.75) is 23.8 Å². The molecule has 0 saturated heterocycles. The first-order valence-corrected chi connectivity index (χ1v) is 6.49. The maximum Gasteiger partial charge on any atom is 0.119 e. The van der Waals surface area contributed by atoms with Crippen molar-refractivity contribution in [3.63, 3.8) is 0 Å². The van der Waals surface area contributed by atoms with Gasteiger partial charge in [-0.1, -0.05) is 6.07 Å². The molecule has 0 aliphatic carbocycles. The number of thioether (sulfide) groups is 1. The third-order valence-corrected chi connectivity index (χ3v) is 3.71. The molecule has 92 valence electrons. The summed E-state index contributed by atoms with van der Waals surface area (Å²) in [7, 11) is 3.48. The minimum absolute atomic E-state index is 0.439. The van der Waals surface area contributed by atoms with Crippen LogP contribution in [0.25, 0.3) is 0 Å². The molecule has 0 fully saturated rings. The van der Waals surface area contributed by atoms with Crippen molar-refractivity contribution in [2.24, 2.45) is 0 Å². The lowest BCUT2D eigenvalue weighted by molar-refractivity contribution is 0.413. The fourth-order valence-electron chi connectivity index (χ4n) is 1.30. The van der Waals surface area contributed by atoms with Gasteiger partial charge in [-0.3, -0.25) is 0 Å². The lowest BCUT2D eigenvalue weighted by atomic mass is 10.0. The van der Waals surface area contributed by atoms with Crippen LogP contribution in [-0.2, 0) is 0 Å². The van der Waals surface area contributed by atoms with Gasteiger partial charge in [-0.15, -0.1) is 11.8 Å². The Morgan fingerprint density at radius 2 is 2.29 bits per heavy atom. The van der Waals surface area contributed by atoms with Crippen molar-refractivity contribution in [2.75, 3.05) is 19.9 Å². The van der Waals surface area contributed by atoms with Crippen molar-refractivity contribution in [3.05, 3.63) is 24.3 Å². The van der Waals surface area contributed by atoms with Gasteiger partial charge in [0.2, 0.25) is 0 Å². The highest BCUT2D eigenvalue weighted by Crippen LogP contribution is 2.25. The van der Waals surface area contributed by atoms with Crippen molar-refractivity contribution in [1.82, 2.24) is 5.32 Å². The van der Waals surface area contributed by atoms with Crippen LogP contribution >= 0.6 is 11.8 Å². The zero-order valence-electron chi connectivity index (χ0n) is 10.5. The zero-order valence-corrected chi connectivity index (χ0v) is 11.3. The molecule has 0 radical (unpaired) electrons. The van der Waals surface area contributed by atoms with Gasteiger partial charge in [0.15, 0.2) is 0 Å². The van der Waals surface area contributed by atoms with Crippen LogP contribution in [0.3, 0.4) is 0 Å². The predicted molar refractivity (Wildman–Crippen MR) is 71.4 cm³/mol. The van der Waals surface area contributed by atoms with E-state index in [1.807, 2.05) is 32.2 Å². The smallest absolute Gasteiger partial charge is 0.119 e. The lowest BCUT2D eigenvalue weighted by Gasteiger charge is -2.20. The molecular weight excluding hydrogens is 232 g/mol. The Kier molecular flexibility index (Phi) is 5.33. The average Bonchev–Trinajstić information content (AvgIpc) is 2.39. The molecule has 0 aromatic heterocycles. The van der Waals surface area contributed by atoms with E-state index in [4.69, 9.17) is 10.00 Å². The summed E-state index contributed by atoms with van der Waals surface area (Å²) in [5.74, 6) is 1.77. The van der Waals surface area contributed by atoms with Gasteiger partial charge in [-0.2, -0.15) is 5.26 Å². The van der Waals surface area contributed by atoms with Crippen LogP contribution in [0.15, 0.2) is 29.2 Å². The van der Waals surface area contributed by atoms with Crippen LogP contribution in [0.1, 0.15) is 13.3 Å². The van der Waals surface area contributed by atoms with E-state index < -0.39 is 5.54 Å². The van der Waals surface area contributed by atoms with E-state index in [1.54, 1.807) is 18.9 Å². The lowest BCUT2D eigenvalue weighted by Crippen LogP contribution is -2.38. The number of hydrogen-bond donors (Lipinski definition) is 1. The minimum atomic E-state index is -0.439. The van der Waals surface area contributed by atoms with Crippen LogP contribution in [-0.4, -0.2) is 25.4 Å². The first-order chi connectivity index (χ1) is 8.13. The topological polar surface area (TPSA) is 45.0 Å². The Morgan fingerprint density at radius 3 is 2.88 bits per heavy atom. The van der Waals surface area contributed by atoms with E-state index in [-0.39, 0.29) is 0 Å². The van der Waals surface area contributed by atoms with Gasteiger partial charge in [0.25, 0.3) is 0 Å². The Bertz CT molecular complexity index is 403. The van der Waals surface area contributed by atoms with Gasteiger partial charge in [0.1, 0.15) is 11.3 Å². The molecule has 1 rings (SSSR count). The molecule has 0 heterocycles. The van der Waals surface area contributed by atoms with E-state index in [2.05, 4.69) is 17.5 Å². The number of nitrogens with zero attached hydrogens (tertiary/aromatic N) is 1. The summed E-state index contributed by atoms with van der Waals surface area (Å²) in [6.45, 7) is 1.92. The number of methoxy groups -OCH3 is 1. The third kappa shape index (κ3) is 4.29. The van der Waals surface area contributed by atoms with Gasteiger partial charge in [0.05, 0.1) is 13.2 Å². The summed E-state index contributed by atoms with van der Waals surface area (Å²) in [4.78, 5) is 1.17. The molecule has 1 N–H and O–H groups in total. The van der Waals surface area contributed by atoms with Gasteiger partial charge >= 0.3 is 0 Å². The normalized spacial score (nSPS) is 13.8. The third-order valence-electron chi connectivity index (χ3n) is 2.71. The molecule has 0 saturated carbocycles. The van der Waals surface area contributed by atoms with E-state index >= 15 is 0 Å². The molecule has 0 aliphatic rings. The highest BCUT2D eigenvalue weighted by atomic mass is 32.2. The van der Waals surface area contributed by atoms with Crippen LogP contribution in [0.5, 0.6) is 5.75 Å². The second kappa shape index (κ2) is 6.53. The number of hydrogen-bond acceptors (Lipinski definition) is 4. The van der Waals surface area contributed by atoms with Gasteiger partial charge < -0.3 is 10.1 Å².